The highest BCUT2D eigenvalue weighted by molar-refractivity contribution is 5.96. The van der Waals surface area contributed by atoms with Gasteiger partial charge in [0, 0.05) is 63.6 Å². The molecule has 2 unspecified atom stereocenters. The van der Waals surface area contributed by atoms with E-state index in [0.717, 1.165) is 57.5 Å². The minimum absolute atomic E-state index is 0.0134. The topological polar surface area (TPSA) is 106 Å². The Morgan fingerprint density at radius 3 is 2.04 bits per heavy atom. The molecule has 3 heterocycles. The molecule has 1 N–H and O–H groups in total. The maximum Gasteiger partial charge on any atom is 0.329 e. The van der Waals surface area contributed by atoms with E-state index in [1.54, 1.807) is 23.8 Å². The van der Waals surface area contributed by atoms with Gasteiger partial charge in [-0.25, -0.2) is 4.79 Å². The van der Waals surface area contributed by atoms with Gasteiger partial charge in [-0.2, -0.15) is 0 Å². The van der Waals surface area contributed by atoms with Crippen molar-refractivity contribution in [1.82, 2.24) is 24.9 Å². The molecule has 0 aromatic heterocycles. The molecule has 2 aromatic rings. The highest BCUT2D eigenvalue weighted by Crippen LogP contribution is 2.28. The number of piperazine rings is 1. The van der Waals surface area contributed by atoms with E-state index in [4.69, 9.17) is 4.74 Å². The molecule has 0 saturated carbocycles. The molecule has 11 nitrogen and oxygen atoms in total. The second kappa shape index (κ2) is 20.5. The molecule has 5 atom stereocenters. The van der Waals surface area contributed by atoms with Crippen molar-refractivity contribution in [3.63, 3.8) is 0 Å². The molecule has 0 bridgehead atoms. The molecular weight excluding hydrogens is 717 g/mol. The summed E-state index contributed by atoms with van der Waals surface area (Å²) in [6, 6.07) is 18.5. The van der Waals surface area contributed by atoms with Crippen LogP contribution in [0, 0.1) is 11.8 Å². The Labute approximate surface area is 341 Å². The van der Waals surface area contributed by atoms with E-state index in [1.165, 1.54) is 5.69 Å². The third-order valence-electron chi connectivity index (χ3n) is 12.1. The number of para-hydroxylation sites is 1. The van der Waals surface area contributed by atoms with Gasteiger partial charge in [0.05, 0.1) is 12.1 Å². The zero-order valence-corrected chi connectivity index (χ0v) is 35.7. The van der Waals surface area contributed by atoms with Crippen molar-refractivity contribution in [3.05, 3.63) is 77.9 Å². The van der Waals surface area contributed by atoms with Gasteiger partial charge in [0.2, 0.25) is 17.7 Å². The zero-order chi connectivity index (χ0) is 41.2. The van der Waals surface area contributed by atoms with Crippen LogP contribution in [-0.4, -0.2) is 126 Å². The van der Waals surface area contributed by atoms with Crippen molar-refractivity contribution in [2.24, 2.45) is 11.8 Å². The quantitative estimate of drug-likeness (QED) is 0.176. The van der Waals surface area contributed by atoms with Gasteiger partial charge >= 0.3 is 5.97 Å². The number of ether oxygens (including phenoxy) is 1. The van der Waals surface area contributed by atoms with Crippen molar-refractivity contribution < 1.29 is 23.9 Å². The number of likely N-dealkylation sites (tertiary alicyclic amines) is 2. The van der Waals surface area contributed by atoms with E-state index in [1.807, 2.05) is 70.2 Å². The Balaban J connectivity index is 1.24. The number of nitrogens with one attached hydrogen (secondary N) is 1. The molecule has 0 aliphatic carbocycles. The molecule has 5 rings (SSSR count). The summed E-state index contributed by atoms with van der Waals surface area (Å²) in [5.74, 6) is -1.04. The number of piperidine rings is 1. The Morgan fingerprint density at radius 1 is 0.789 bits per heavy atom. The number of nitrogens with zero attached hydrogens (tertiary/aromatic N) is 5. The summed E-state index contributed by atoms with van der Waals surface area (Å²) >= 11 is 0. The van der Waals surface area contributed by atoms with E-state index in [-0.39, 0.29) is 47.6 Å². The fourth-order valence-corrected chi connectivity index (χ4v) is 8.70. The number of likely N-dealkylation sites (N-methyl/N-ethyl adjacent to an activating group) is 1. The van der Waals surface area contributed by atoms with E-state index in [9.17, 15) is 19.2 Å². The van der Waals surface area contributed by atoms with Crippen LogP contribution in [-0.2, 0) is 23.9 Å². The number of anilines is 1. The first-order valence-electron chi connectivity index (χ1n) is 21.4. The van der Waals surface area contributed by atoms with Gasteiger partial charge in [0.25, 0.3) is 0 Å². The van der Waals surface area contributed by atoms with Crippen LogP contribution in [0.15, 0.2) is 72.3 Å². The molecule has 57 heavy (non-hydrogen) atoms. The maximum absolute atomic E-state index is 14.2. The maximum atomic E-state index is 14.2. The van der Waals surface area contributed by atoms with Crippen LogP contribution in [0.2, 0.25) is 0 Å². The van der Waals surface area contributed by atoms with Crippen molar-refractivity contribution >= 4 is 29.4 Å². The predicted octanol–water partition coefficient (Wildman–Crippen LogP) is 5.92. The Morgan fingerprint density at radius 2 is 1.42 bits per heavy atom. The van der Waals surface area contributed by atoms with Crippen LogP contribution in [0.1, 0.15) is 92.2 Å². The second-order valence-electron chi connectivity index (χ2n) is 17.2. The molecule has 3 aliphatic heterocycles. The van der Waals surface area contributed by atoms with Crippen LogP contribution in [0.3, 0.4) is 0 Å². The van der Waals surface area contributed by atoms with E-state index in [0.29, 0.717) is 31.5 Å². The molecule has 3 fully saturated rings. The third-order valence-corrected chi connectivity index (χ3v) is 12.1. The van der Waals surface area contributed by atoms with Gasteiger partial charge in [-0.1, -0.05) is 88.7 Å². The van der Waals surface area contributed by atoms with Gasteiger partial charge in [0.15, 0.2) is 0 Å². The summed E-state index contributed by atoms with van der Waals surface area (Å²) in [7, 11) is 1.76. The van der Waals surface area contributed by atoms with Crippen molar-refractivity contribution in [1.29, 1.82) is 0 Å². The first kappa shape index (κ1) is 43.9. The number of esters is 1. The molecule has 312 valence electrons. The second-order valence-corrected chi connectivity index (χ2v) is 17.2. The minimum Gasteiger partial charge on any atom is -0.455 e. The summed E-state index contributed by atoms with van der Waals surface area (Å²) in [6.45, 7) is 19.3. The first-order chi connectivity index (χ1) is 27.3. The standard InChI is InChI=1S/C46H68N6O5/c1-32(2)40(48(8)45(55)42(33(3)4)47-43(53)38-22-15-16-24-51(38)34(5)6)30-35(7)44(54)52-25-17-23-39(52)46(56)57-41(36-18-11-9-12-19-36)31-49-26-28-50(29-27-49)37-20-13-10-14-21-37/h9-14,18-21,30,32-34,38-42H,15-17,22-29,31H2,1-8H3,(H,47,53)/t38?,39-,40+,41?,42-/m0/s1. The van der Waals surface area contributed by atoms with Crippen LogP contribution >= 0.6 is 0 Å². The highest BCUT2D eigenvalue weighted by Gasteiger charge is 2.39. The van der Waals surface area contributed by atoms with Gasteiger partial charge in [-0.05, 0) is 82.5 Å². The molecule has 11 heteroatoms. The summed E-state index contributed by atoms with van der Waals surface area (Å²) < 4.78 is 6.33. The fourth-order valence-electron chi connectivity index (χ4n) is 8.70. The molecule has 3 saturated heterocycles. The Hall–Kier alpha value is -4.22. The summed E-state index contributed by atoms with van der Waals surface area (Å²) in [4.78, 5) is 66.3. The van der Waals surface area contributed by atoms with Crippen LogP contribution in [0.25, 0.3) is 0 Å². The van der Waals surface area contributed by atoms with Gasteiger partial charge in [0.1, 0.15) is 18.2 Å². The lowest BCUT2D eigenvalue weighted by Crippen LogP contribution is -2.58. The van der Waals surface area contributed by atoms with Crippen LogP contribution in [0.4, 0.5) is 5.69 Å². The number of carbonyl (C=O) groups is 4. The predicted molar refractivity (Wildman–Crippen MR) is 227 cm³/mol. The van der Waals surface area contributed by atoms with E-state index < -0.39 is 24.2 Å². The third kappa shape index (κ3) is 11.3. The van der Waals surface area contributed by atoms with Crippen molar-refractivity contribution in [3.8, 4) is 0 Å². The smallest absolute Gasteiger partial charge is 0.329 e. The SMILES string of the molecule is CC(=C[C@H](C(C)C)N(C)C(=O)[C@@H](NC(=O)C1CCCCN1C(C)C)C(C)C)C(=O)N1CCC[C@H]1C(=O)OC(CN1CCN(c2ccccc2)CC1)c1ccccc1. The first-order valence-corrected chi connectivity index (χ1v) is 21.4. The normalized spacial score (nSPS) is 21.4. The average Bonchev–Trinajstić information content (AvgIpc) is 3.72. The largest absolute Gasteiger partial charge is 0.455 e. The number of benzene rings is 2. The van der Waals surface area contributed by atoms with Gasteiger partial charge in [-0.15, -0.1) is 0 Å². The van der Waals surface area contributed by atoms with Crippen molar-refractivity contribution in [2.45, 2.75) is 117 Å². The molecule has 3 aliphatic rings. The lowest BCUT2D eigenvalue weighted by Gasteiger charge is -2.39. The molecule has 0 spiro atoms. The molecule has 3 amide bonds. The Kier molecular flexibility index (Phi) is 15.8. The highest BCUT2D eigenvalue weighted by atomic mass is 16.5. The number of amides is 3. The van der Waals surface area contributed by atoms with E-state index >= 15 is 0 Å². The minimum atomic E-state index is -0.702. The van der Waals surface area contributed by atoms with E-state index in [2.05, 4.69) is 58.1 Å². The van der Waals surface area contributed by atoms with Crippen molar-refractivity contribution in [2.75, 3.05) is 57.8 Å². The molecule has 0 radical (unpaired) electrons. The fraction of sp³-hybridized carbons (Fsp3) is 0.609. The average molecular weight is 785 g/mol. The molecular formula is C46H68N6O5. The summed E-state index contributed by atoms with van der Waals surface area (Å²) in [5.41, 5.74) is 2.62. The monoisotopic (exact) mass is 785 g/mol. The zero-order valence-electron chi connectivity index (χ0n) is 35.7. The van der Waals surface area contributed by atoms with Crippen LogP contribution < -0.4 is 10.2 Å². The lowest BCUT2D eigenvalue weighted by atomic mass is 9.95. The number of hydrogen-bond donors (Lipinski definition) is 1. The lowest BCUT2D eigenvalue weighted by molar-refractivity contribution is -0.158. The Bertz CT molecular complexity index is 1660. The van der Waals surface area contributed by atoms with Crippen LogP contribution in [0.5, 0.6) is 0 Å². The number of hydrogen-bond acceptors (Lipinski definition) is 8. The number of rotatable bonds is 15. The number of carbonyl (C=O) groups excluding carboxylic acids is 4. The van der Waals surface area contributed by atoms with Gasteiger partial charge < -0.3 is 24.8 Å². The molecule has 2 aromatic carbocycles. The summed E-state index contributed by atoms with van der Waals surface area (Å²) in [5, 5.41) is 3.12. The summed E-state index contributed by atoms with van der Waals surface area (Å²) in [6.07, 6.45) is 5.46. The van der Waals surface area contributed by atoms with Gasteiger partial charge in [-0.3, -0.25) is 24.2 Å².